The number of benzene rings is 1. The summed E-state index contributed by atoms with van der Waals surface area (Å²) < 4.78 is 49.2. The van der Waals surface area contributed by atoms with E-state index in [2.05, 4.69) is 11.6 Å². The van der Waals surface area contributed by atoms with E-state index in [1.165, 1.54) is 24.3 Å². The van der Waals surface area contributed by atoms with Gasteiger partial charge in [0.05, 0.1) is 9.79 Å². The van der Waals surface area contributed by atoms with Crippen molar-refractivity contribution in [2.75, 3.05) is 0 Å². The van der Waals surface area contributed by atoms with Crippen molar-refractivity contribution in [1.82, 2.24) is 4.72 Å². The summed E-state index contributed by atoms with van der Waals surface area (Å²) in [7, 11) is -7.42. The van der Waals surface area contributed by atoms with Gasteiger partial charge in [0.2, 0.25) is 20.0 Å². The SMILES string of the molecule is CC1CCC(NS(=O)(=O)c2ccc(S(N)(=O)=O)cc2)C1. The molecule has 2 rings (SSSR count). The lowest BCUT2D eigenvalue weighted by molar-refractivity contribution is 0.538. The van der Waals surface area contributed by atoms with Crippen LogP contribution in [-0.2, 0) is 20.0 Å². The monoisotopic (exact) mass is 318 g/mol. The predicted octanol–water partition coefficient (Wildman–Crippen LogP) is 0.801. The van der Waals surface area contributed by atoms with E-state index >= 15 is 0 Å². The molecule has 0 amide bonds. The Kier molecular flexibility index (Phi) is 4.19. The zero-order valence-electron chi connectivity index (χ0n) is 11.1. The van der Waals surface area contributed by atoms with Gasteiger partial charge in [-0.2, -0.15) is 0 Å². The molecule has 0 radical (unpaired) electrons. The van der Waals surface area contributed by atoms with Gasteiger partial charge in [-0.15, -0.1) is 0 Å². The number of rotatable bonds is 4. The summed E-state index contributed by atoms with van der Waals surface area (Å²) in [6, 6.07) is 4.84. The van der Waals surface area contributed by atoms with Crippen LogP contribution in [0.2, 0.25) is 0 Å². The predicted molar refractivity (Wildman–Crippen MR) is 74.9 cm³/mol. The van der Waals surface area contributed by atoms with Crippen molar-refractivity contribution >= 4 is 20.0 Å². The Bertz CT molecular complexity index is 681. The summed E-state index contributed by atoms with van der Waals surface area (Å²) in [5.41, 5.74) is 0. The molecule has 20 heavy (non-hydrogen) atoms. The second-order valence-corrected chi connectivity index (χ2v) is 8.53. The van der Waals surface area contributed by atoms with Crippen molar-refractivity contribution in [3.63, 3.8) is 0 Å². The van der Waals surface area contributed by atoms with Crippen LogP contribution in [0.25, 0.3) is 0 Å². The lowest BCUT2D eigenvalue weighted by atomic mass is 10.1. The molecule has 1 aromatic carbocycles. The Balaban J connectivity index is 2.18. The molecule has 0 bridgehead atoms. The number of nitrogens with one attached hydrogen (secondary N) is 1. The van der Waals surface area contributed by atoms with Gasteiger partial charge in [-0.05, 0) is 49.4 Å². The summed E-state index contributed by atoms with van der Waals surface area (Å²) in [6.45, 7) is 2.09. The molecule has 0 heterocycles. The molecule has 8 heteroatoms. The van der Waals surface area contributed by atoms with Crippen LogP contribution < -0.4 is 9.86 Å². The van der Waals surface area contributed by atoms with E-state index in [-0.39, 0.29) is 15.8 Å². The molecule has 1 saturated carbocycles. The van der Waals surface area contributed by atoms with Crippen molar-refractivity contribution in [2.24, 2.45) is 11.1 Å². The molecule has 0 spiro atoms. The Morgan fingerprint density at radius 1 is 1.05 bits per heavy atom. The minimum Gasteiger partial charge on any atom is -0.225 e. The second-order valence-electron chi connectivity index (χ2n) is 5.25. The molecule has 1 aliphatic rings. The smallest absolute Gasteiger partial charge is 0.225 e. The molecule has 112 valence electrons. The van der Waals surface area contributed by atoms with Crippen LogP contribution in [0.5, 0.6) is 0 Å². The fraction of sp³-hybridized carbons (Fsp3) is 0.500. The lowest BCUT2D eigenvalue weighted by Gasteiger charge is -2.13. The van der Waals surface area contributed by atoms with Gasteiger partial charge >= 0.3 is 0 Å². The van der Waals surface area contributed by atoms with E-state index < -0.39 is 20.0 Å². The number of hydrogen-bond donors (Lipinski definition) is 2. The van der Waals surface area contributed by atoms with E-state index in [1.807, 2.05) is 0 Å². The quantitative estimate of drug-likeness (QED) is 0.856. The Hall–Kier alpha value is -0.960. The molecule has 1 fully saturated rings. The topological polar surface area (TPSA) is 106 Å². The second kappa shape index (κ2) is 5.44. The van der Waals surface area contributed by atoms with Crippen molar-refractivity contribution in [3.8, 4) is 0 Å². The maximum Gasteiger partial charge on any atom is 0.240 e. The third kappa shape index (κ3) is 3.57. The van der Waals surface area contributed by atoms with E-state index in [1.54, 1.807) is 0 Å². The van der Waals surface area contributed by atoms with Crippen LogP contribution >= 0.6 is 0 Å². The van der Waals surface area contributed by atoms with Crippen LogP contribution in [0.3, 0.4) is 0 Å². The van der Waals surface area contributed by atoms with E-state index in [0.29, 0.717) is 5.92 Å². The number of hydrogen-bond acceptors (Lipinski definition) is 4. The standard InChI is InChI=1S/C12H18N2O4S2/c1-9-2-3-10(8-9)14-20(17,18)12-6-4-11(5-7-12)19(13,15)16/h4-7,9-10,14H,2-3,8H2,1H3,(H2,13,15,16). The highest BCUT2D eigenvalue weighted by molar-refractivity contribution is 7.89. The summed E-state index contributed by atoms with van der Waals surface area (Å²) in [4.78, 5) is -0.0598. The summed E-state index contributed by atoms with van der Waals surface area (Å²) >= 11 is 0. The zero-order chi connectivity index (χ0) is 15.0. The molecule has 0 saturated heterocycles. The molecule has 3 N–H and O–H groups in total. The van der Waals surface area contributed by atoms with Gasteiger partial charge < -0.3 is 0 Å². The van der Waals surface area contributed by atoms with Gasteiger partial charge in [-0.25, -0.2) is 26.7 Å². The van der Waals surface area contributed by atoms with Crippen LogP contribution in [0, 0.1) is 5.92 Å². The van der Waals surface area contributed by atoms with Gasteiger partial charge in [-0.1, -0.05) is 6.92 Å². The van der Waals surface area contributed by atoms with Gasteiger partial charge in [-0.3, -0.25) is 0 Å². The highest BCUT2D eigenvalue weighted by Crippen LogP contribution is 2.26. The summed E-state index contributed by atoms with van der Waals surface area (Å²) in [5.74, 6) is 0.521. The lowest BCUT2D eigenvalue weighted by Crippen LogP contribution is -2.32. The highest BCUT2D eigenvalue weighted by atomic mass is 32.2. The fourth-order valence-corrected chi connectivity index (χ4v) is 4.21. The third-order valence-electron chi connectivity index (χ3n) is 3.48. The van der Waals surface area contributed by atoms with Crippen molar-refractivity contribution in [3.05, 3.63) is 24.3 Å². The maximum atomic E-state index is 12.2. The first-order valence-corrected chi connectivity index (χ1v) is 9.36. The zero-order valence-corrected chi connectivity index (χ0v) is 12.7. The molecule has 1 aliphatic carbocycles. The largest absolute Gasteiger partial charge is 0.240 e. The average Bonchev–Trinajstić information content (AvgIpc) is 2.73. The third-order valence-corrected chi connectivity index (χ3v) is 5.94. The Morgan fingerprint density at radius 3 is 2.05 bits per heavy atom. The van der Waals surface area contributed by atoms with Gasteiger partial charge in [0.1, 0.15) is 0 Å². The van der Waals surface area contributed by atoms with Crippen molar-refractivity contribution in [1.29, 1.82) is 0 Å². The minimum atomic E-state index is -3.81. The first-order valence-electron chi connectivity index (χ1n) is 6.34. The first kappa shape index (κ1) is 15.4. The summed E-state index contributed by atoms with van der Waals surface area (Å²) in [6.07, 6.45) is 2.67. The van der Waals surface area contributed by atoms with Gasteiger partial charge in [0, 0.05) is 6.04 Å². The molecule has 2 atom stereocenters. The fourth-order valence-electron chi connectivity index (χ4n) is 2.41. The van der Waals surface area contributed by atoms with Crippen molar-refractivity contribution < 1.29 is 16.8 Å². The van der Waals surface area contributed by atoms with E-state index in [4.69, 9.17) is 5.14 Å². The molecule has 6 nitrogen and oxygen atoms in total. The summed E-state index contributed by atoms with van der Waals surface area (Å²) in [5, 5.41) is 4.97. The van der Waals surface area contributed by atoms with Crippen LogP contribution in [-0.4, -0.2) is 22.9 Å². The highest BCUT2D eigenvalue weighted by Gasteiger charge is 2.26. The van der Waals surface area contributed by atoms with Crippen LogP contribution in [0.1, 0.15) is 26.2 Å². The van der Waals surface area contributed by atoms with Crippen LogP contribution in [0.4, 0.5) is 0 Å². The normalized spacial score (nSPS) is 23.9. The molecular weight excluding hydrogens is 300 g/mol. The molecule has 0 aromatic heterocycles. The van der Waals surface area contributed by atoms with Gasteiger partial charge in [0.15, 0.2) is 0 Å². The minimum absolute atomic E-state index is 0.0458. The molecule has 1 aromatic rings. The van der Waals surface area contributed by atoms with E-state index in [9.17, 15) is 16.8 Å². The number of sulfonamides is 2. The first-order chi connectivity index (χ1) is 9.18. The van der Waals surface area contributed by atoms with Crippen molar-refractivity contribution in [2.45, 2.75) is 42.0 Å². The molecular formula is C12H18N2O4S2. The molecule has 0 aliphatic heterocycles. The Labute approximate surface area is 119 Å². The van der Waals surface area contributed by atoms with Gasteiger partial charge in [0.25, 0.3) is 0 Å². The van der Waals surface area contributed by atoms with E-state index in [0.717, 1.165) is 19.3 Å². The number of primary sulfonamides is 1. The molecule has 2 unspecified atom stereocenters. The number of nitrogens with two attached hydrogens (primary N) is 1. The Morgan fingerprint density at radius 2 is 1.60 bits per heavy atom. The maximum absolute atomic E-state index is 12.2. The van der Waals surface area contributed by atoms with Crippen LogP contribution in [0.15, 0.2) is 34.1 Å². The average molecular weight is 318 g/mol.